The molecule has 0 aliphatic carbocycles. The Hall–Kier alpha value is -4.25. The van der Waals surface area contributed by atoms with E-state index in [9.17, 15) is 14.4 Å². The molecule has 0 amide bonds. The van der Waals surface area contributed by atoms with E-state index in [0.29, 0.717) is 5.56 Å². The van der Waals surface area contributed by atoms with Crippen LogP contribution in [-0.2, 0) is 18.9 Å². The average molecular weight is 497 g/mol. The number of anilines is 1. The number of rotatable bonds is 8. The standard InChI is InChI=1S/C25H24FN3O7/c1-2-33-25(32)19-21(27)29(14-28-19)22-18(26)20(36-24(31)16-11-7-4-8-12-16)17(35-22)13-34-23(30)15-9-5-3-6-10-15/h3-12,14,17-18,20,22H,2,13,27H2,1H3/t17-,18-,20-,22-/m1/s1. The lowest BCUT2D eigenvalue weighted by Gasteiger charge is -2.19. The molecule has 0 radical (unpaired) electrons. The van der Waals surface area contributed by atoms with Crippen LogP contribution in [0, 0.1) is 0 Å². The number of hydrogen-bond acceptors (Lipinski definition) is 9. The summed E-state index contributed by atoms with van der Waals surface area (Å²) in [6.07, 6.45) is -4.82. The van der Waals surface area contributed by atoms with Crippen molar-refractivity contribution in [2.75, 3.05) is 18.9 Å². The lowest BCUT2D eigenvalue weighted by Crippen LogP contribution is -2.37. The van der Waals surface area contributed by atoms with Crippen LogP contribution in [0.1, 0.15) is 44.4 Å². The molecule has 36 heavy (non-hydrogen) atoms. The molecule has 1 fully saturated rings. The van der Waals surface area contributed by atoms with Gasteiger partial charge in [0.1, 0.15) is 18.5 Å². The molecule has 0 spiro atoms. The Morgan fingerprint density at radius 2 is 1.58 bits per heavy atom. The van der Waals surface area contributed by atoms with E-state index in [2.05, 4.69) is 4.98 Å². The Labute approximate surface area is 205 Å². The summed E-state index contributed by atoms with van der Waals surface area (Å²) in [5.41, 5.74) is 6.31. The van der Waals surface area contributed by atoms with Crippen molar-refractivity contribution in [2.45, 2.75) is 31.5 Å². The minimum Gasteiger partial charge on any atom is -0.461 e. The Balaban J connectivity index is 1.56. The minimum absolute atomic E-state index is 0.100. The third-order valence-electron chi connectivity index (χ3n) is 5.48. The van der Waals surface area contributed by atoms with Crippen molar-refractivity contribution in [2.24, 2.45) is 0 Å². The van der Waals surface area contributed by atoms with Gasteiger partial charge in [0.25, 0.3) is 0 Å². The van der Waals surface area contributed by atoms with Crippen molar-refractivity contribution in [1.82, 2.24) is 9.55 Å². The van der Waals surface area contributed by atoms with Crippen molar-refractivity contribution in [1.29, 1.82) is 0 Å². The lowest BCUT2D eigenvalue weighted by atomic mass is 10.1. The van der Waals surface area contributed by atoms with Crippen LogP contribution in [0.3, 0.4) is 0 Å². The summed E-state index contributed by atoms with van der Waals surface area (Å²) in [5, 5.41) is 0. The third-order valence-corrected chi connectivity index (χ3v) is 5.48. The van der Waals surface area contributed by atoms with Crippen LogP contribution in [0.5, 0.6) is 0 Å². The Kier molecular flexibility index (Phi) is 7.59. The zero-order valence-corrected chi connectivity index (χ0v) is 19.3. The van der Waals surface area contributed by atoms with Gasteiger partial charge in [-0.2, -0.15) is 0 Å². The van der Waals surface area contributed by atoms with Crippen LogP contribution in [0.15, 0.2) is 67.0 Å². The topological polar surface area (TPSA) is 132 Å². The summed E-state index contributed by atoms with van der Waals surface area (Å²) in [4.78, 5) is 41.1. The molecule has 2 heterocycles. The Bertz CT molecular complexity index is 1220. The molecule has 0 bridgehead atoms. The van der Waals surface area contributed by atoms with Gasteiger partial charge in [0.05, 0.1) is 24.1 Å². The van der Waals surface area contributed by atoms with Crippen LogP contribution < -0.4 is 5.73 Å². The van der Waals surface area contributed by atoms with Gasteiger partial charge in [-0.3, -0.25) is 4.57 Å². The number of hydrogen-bond donors (Lipinski definition) is 1. The fraction of sp³-hybridized carbons (Fsp3) is 0.280. The zero-order chi connectivity index (χ0) is 25.7. The lowest BCUT2D eigenvalue weighted by molar-refractivity contribution is -0.0574. The van der Waals surface area contributed by atoms with Gasteiger partial charge in [-0.25, -0.2) is 23.8 Å². The largest absolute Gasteiger partial charge is 0.461 e. The first kappa shape index (κ1) is 24.9. The maximum absolute atomic E-state index is 15.7. The van der Waals surface area contributed by atoms with Gasteiger partial charge >= 0.3 is 17.9 Å². The Morgan fingerprint density at radius 3 is 2.19 bits per heavy atom. The van der Waals surface area contributed by atoms with E-state index < -0.39 is 49.1 Å². The number of benzene rings is 2. The van der Waals surface area contributed by atoms with Gasteiger partial charge in [-0.15, -0.1) is 0 Å². The predicted molar refractivity (Wildman–Crippen MR) is 124 cm³/mol. The highest BCUT2D eigenvalue weighted by Gasteiger charge is 2.50. The van der Waals surface area contributed by atoms with Crippen LogP contribution >= 0.6 is 0 Å². The molecular weight excluding hydrogens is 473 g/mol. The quantitative estimate of drug-likeness (QED) is 0.368. The summed E-state index contributed by atoms with van der Waals surface area (Å²) in [7, 11) is 0. The van der Waals surface area contributed by atoms with Gasteiger partial charge < -0.3 is 24.7 Å². The number of ether oxygens (including phenoxy) is 4. The van der Waals surface area contributed by atoms with E-state index in [4.69, 9.17) is 24.7 Å². The highest BCUT2D eigenvalue weighted by molar-refractivity contribution is 5.92. The first-order valence-corrected chi connectivity index (χ1v) is 11.2. The number of alkyl halides is 1. The molecule has 188 valence electrons. The van der Waals surface area contributed by atoms with Crippen molar-refractivity contribution in [3.8, 4) is 0 Å². The number of nitrogens with two attached hydrogens (primary N) is 1. The Morgan fingerprint density at radius 1 is 0.972 bits per heavy atom. The van der Waals surface area contributed by atoms with E-state index in [1.807, 2.05) is 0 Å². The van der Waals surface area contributed by atoms with Crippen molar-refractivity contribution < 1.29 is 37.7 Å². The number of halogens is 1. The molecule has 10 nitrogen and oxygen atoms in total. The highest BCUT2D eigenvalue weighted by Crippen LogP contribution is 2.36. The number of esters is 3. The molecule has 1 aliphatic rings. The third kappa shape index (κ3) is 5.20. The number of nitrogens with zero attached hydrogens (tertiary/aromatic N) is 2. The molecular formula is C25H24FN3O7. The second-order valence-corrected chi connectivity index (χ2v) is 7.82. The maximum atomic E-state index is 15.7. The van der Waals surface area contributed by atoms with Crippen LogP contribution in [0.2, 0.25) is 0 Å². The number of nitrogen functional groups attached to an aromatic ring is 1. The van der Waals surface area contributed by atoms with Gasteiger partial charge in [-0.05, 0) is 31.2 Å². The average Bonchev–Trinajstić information content (AvgIpc) is 3.42. The predicted octanol–water partition coefficient (Wildman–Crippen LogP) is 2.96. The van der Waals surface area contributed by atoms with E-state index >= 15 is 4.39 Å². The van der Waals surface area contributed by atoms with Gasteiger partial charge in [0.2, 0.25) is 0 Å². The van der Waals surface area contributed by atoms with Gasteiger partial charge in [-0.1, -0.05) is 36.4 Å². The summed E-state index contributed by atoms with van der Waals surface area (Å²) < 4.78 is 38.3. The fourth-order valence-electron chi connectivity index (χ4n) is 3.70. The van der Waals surface area contributed by atoms with Crippen molar-refractivity contribution in [3.63, 3.8) is 0 Å². The zero-order valence-electron chi connectivity index (χ0n) is 19.3. The smallest absolute Gasteiger partial charge is 0.360 e. The van der Waals surface area contributed by atoms with Gasteiger partial charge in [0, 0.05) is 0 Å². The van der Waals surface area contributed by atoms with E-state index in [1.165, 1.54) is 12.1 Å². The molecule has 2 N–H and O–H groups in total. The molecule has 0 unspecified atom stereocenters. The molecule has 1 saturated heterocycles. The van der Waals surface area contributed by atoms with E-state index in [-0.39, 0.29) is 23.7 Å². The van der Waals surface area contributed by atoms with E-state index in [1.54, 1.807) is 55.5 Å². The van der Waals surface area contributed by atoms with E-state index in [0.717, 1.165) is 10.9 Å². The molecule has 4 rings (SSSR count). The summed E-state index contributed by atoms with van der Waals surface area (Å²) >= 11 is 0. The number of aromatic nitrogens is 2. The molecule has 0 saturated carbocycles. The van der Waals surface area contributed by atoms with Crippen molar-refractivity contribution >= 4 is 23.7 Å². The molecule has 1 aromatic heterocycles. The van der Waals surface area contributed by atoms with Crippen molar-refractivity contribution in [3.05, 3.63) is 83.8 Å². The fourth-order valence-corrected chi connectivity index (χ4v) is 3.70. The van der Waals surface area contributed by atoms with Gasteiger partial charge in [0.15, 0.2) is 24.2 Å². The first-order valence-electron chi connectivity index (χ1n) is 11.2. The SMILES string of the molecule is CCOC(=O)c1ncn([C@@H]2O[C@H](COC(=O)c3ccccc3)[C@@H](OC(=O)c3ccccc3)[C@H]2F)c1N. The second kappa shape index (κ2) is 11.0. The molecule has 1 aliphatic heterocycles. The molecule has 3 aromatic rings. The molecule has 4 atom stereocenters. The van der Waals surface area contributed by atoms with Crippen LogP contribution in [-0.4, -0.2) is 59.1 Å². The number of imidazole rings is 1. The molecule has 11 heteroatoms. The number of carbonyl (C=O) groups is 3. The monoisotopic (exact) mass is 497 g/mol. The summed E-state index contributed by atoms with van der Waals surface area (Å²) in [5.74, 6) is -2.39. The summed E-state index contributed by atoms with van der Waals surface area (Å²) in [6.45, 7) is 1.32. The summed E-state index contributed by atoms with van der Waals surface area (Å²) in [6, 6.07) is 16.3. The number of carbonyl (C=O) groups excluding carboxylic acids is 3. The first-order chi connectivity index (χ1) is 17.4. The minimum atomic E-state index is -1.93. The molecule has 2 aromatic carbocycles. The van der Waals surface area contributed by atoms with Crippen LogP contribution in [0.4, 0.5) is 10.2 Å². The second-order valence-electron chi connectivity index (χ2n) is 7.82. The highest BCUT2D eigenvalue weighted by atomic mass is 19.1. The van der Waals surface area contributed by atoms with Crippen LogP contribution in [0.25, 0.3) is 0 Å². The normalized spacial score (nSPS) is 21.1. The maximum Gasteiger partial charge on any atom is 0.360 e.